The predicted octanol–water partition coefficient (Wildman–Crippen LogP) is 12.9. The first kappa shape index (κ1) is 34.2. The number of anilines is 1. The van der Waals surface area contributed by atoms with Gasteiger partial charge in [-0.1, -0.05) is 166 Å². The van der Waals surface area contributed by atoms with E-state index in [2.05, 4.69) is 164 Å². The molecule has 0 heterocycles. The molecule has 4 heteroatoms. The number of benzene rings is 4. The van der Waals surface area contributed by atoms with Crippen molar-refractivity contribution in [2.75, 3.05) is 11.2 Å². The van der Waals surface area contributed by atoms with Crippen LogP contribution in [0.5, 0.6) is 0 Å². The average Bonchev–Trinajstić information content (AvgIpc) is 3.02. The molecule has 0 saturated heterocycles. The van der Waals surface area contributed by atoms with Gasteiger partial charge in [0.25, 0.3) is 0 Å². The number of unbranched alkanes of at least 4 members (excludes halogenated alkanes) is 1. The molecule has 0 aliphatic rings. The van der Waals surface area contributed by atoms with Crippen molar-refractivity contribution < 1.29 is 0 Å². The SMILES string of the molecule is CCCC[P@](=Nc1c(C(C)C)cccc1C(C)C)(c1ccccc1)[P@@](Nc1c(C(C)C)cccc1C(C)C)c1ccccc1. The summed E-state index contributed by atoms with van der Waals surface area (Å²) in [5, 5.41) is 7.16. The summed E-state index contributed by atoms with van der Waals surface area (Å²) < 4.78 is 6.24. The quantitative estimate of drug-likeness (QED) is 0.147. The predicted molar refractivity (Wildman–Crippen MR) is 201 cm³/mol. The van der Waals surface area contributed by atoms with Crippen LogP contribution >= 0.6 is 14.5 Å². The Bertz CT molecular complexity index is 1490. The Balaban J connectivity index is 2.19. The van der Waals surface area contributed by atoms with Crippen molar-refractivity contribution in [1.82, 2.24) is 0 Å². The molecule has 234 valence electrons. The highest BCUT2D eigenvalue weighted by Gasteiger charge is 2.36. The highest BCUT2D eigenvalue weighted by atomic mass is 32.1. The molecule has 0 amide bonds. The van der Waals surface area contributed by atoms with Gasteiger partial charge in [-0.2, -0.15) is 0 Å². The Morgan fingerprint density at radius 2 is 1.05 bits per heavy atom. The largest absolute Gasteiger partial charge is 0.355 e. The zero-order valence-corrected chi connectivity index (χ0v) is 30.3. The van der Waals surface area contributed by atoms with E-state index in [0.717, 1.165) is 19.0 Å². The second-order valence-corrected chi connectivity index (χ2v) is 20.4. The maximum Gasteiger partial charge on any atom is 0.0691 e. The second-order valence-electron chi connectivity index (χ2n) is 13.2. The monoisotopic (exact) mass is 624 g/mol. The van der Waals surface area contributed by atoms with Crippen LogP contribution in [0.4, 0.5) is 11.4 Å². The Labute approximate surface area is 269 Å². The van der Waals surface area contributed by atoms with E-state index in [-0.39, 0.29) is 0 Å². The first-order chi connectivity index (χ1) is 21.1. The van der Waals surface area contributed by atoms with Crippen LogP contribution in [-0.2, 0) is 0 Å². The van der Waals surface area contributed by atoms with Crippen LogP contribution < -0.4 is 15.7 Å². The molecule has 4 rings (SSSR count). The zero-order chi connectivity index (χ0) is 31.9. The average molecular weight is 625 g/mol. The topological polar surface area (TPSA) is 24.4 Å². The Morgan fingerprint density at radius 3 is 1.50 bits per heavy atom. The molecule has 44 heavy (non-hydrogen) atoms. The van der Waals surface area contributed by atoms with Gasteiger partial charge in [0, 0.05) is 11.0 Å². The first-order valence-electron chi connectivity index (χ1n) is 16.7. The molecule has 0 saturated carbocycles. The molecule has 0 fully saturated rings. The molecule has 0 bridgehead atoms. The summed E-state index contributed by atoms with van der Waals surface area (Å²) in [6, 6.07) is 36.4. The van der Waals surface area contributed by atoms with Crippen molar-refractivity contribution in [2.45, 2.75) is 98.8 Å². The third kappa shape index (κ3) is 7.58. The number of para-hydroxylation sites is 1. The van der Waals surface area contributed by atoms with Gasteiger partial charge in [0.1, 0.15) is 0 Å². The highest BCUT2D eigenvalue weighted by molar-refractivity contribution is 8.40. The van der Waals surface area contributed by atoms with Crippen LogP contribution in [0.1, 0.15) is 121 Å². The fourth-order valence-electron chi connectivity index (χ4n) is 6.03. The molecule has 0 aliphatic carbocycles. The first-order valence-corrected chi connectivity index (χ1v) is 20.6. The minimum absolute atomic E-state index is 0.390. The molecule has 0 aromatic heterocycles. The van der Waals surface area contributed by atoms with E-state index < -0.39 is 14.5 Å². The van der Waals surface area contributed by atoms with E-state index in [1.165, 1.54) is 44.2 Å². The summed E-state index contributed by atoms with van der Waals surface area (Å²) in [4.78, 5) is 0. The van der Waals surface area contributed by atoms with E-state index in [9.17, 15) is 0 Å². The van der Waals surface area contributed by atoms with Gasteiger partial charge in [0.2, 0.25) is 0 Å². The Kier molecular flexibility index (Phi) is 12.1. The van der Waals surface area contributed by atoms with E-state index in [0.29, 0.717) is 23.7 Å². The van der Waals surface area contributed by atoms with E-state index in [1.807, 2.05) is 0 Å². The molecule has 4 aromatic carbocycles. The summed E-state index contributed by atoms with van der Waals surface area (Å²) in [6.45, 7) is 18.7. The number of hydrogen-bond donors (Lipinski definition) is 1. The van der Waals surface area contributed by atoms with Crippen LogP contribution in [0.2, 0.25) is 0 Å². The van der Waals surface area contributed by atoms with Crippen LogP contribution in [-0.4, -0.2) is 6.16 Å². The standard InChI is InChI=1S/C40H54N2P2/c1-10-11-28-44(34-22-16-13-17-23-34,42-40-37(31(6)7)26-19-27-38(40)32(8)9)43(33-20-14-12-15-21-33)41-39-35(29(2)3)24-18-25-36(39)30(4)5/h12-27,29-32,41H,10-11,28H2,1-9H3/t43-,44-/m1/s1. The van der Waals surface area contributed by atoms with Crippen molar-refractivity contribution in [3.05, 3.63) is 119 Å². The summed E-state index contributed by atoms with van der Waals surface area (Å²) in [5.41, 5.74) is 8.07. The Hall–Kier alpha value is -2.66. The minimum atomic E-state index is -2.24. The van der Waals surface area contributed by atoms with Crippen LogP contribution in [0.3, 0.4) is 0 Å². The normalized spacial score (nSPS) is 13.8. The molecule has 2 atom stereocenters. The maximum atomic E-state index is 6.24. The van der Waals surface area contributed by atoms with Crippen LogP contribution in [0, 0.1) is 0 Å². The van der Waals surface area contributed by atoms with Gasteiger partial charge in [-0.25, -0.2) is 0 Å². The number of nitrogens with zero attached hydrogens (tertiary/aromatic N) is 1. The zero-order valence-electron chi connectivity index (χ0n) is 28.5. The van der Waals surface area contributed by atoms with E-state index in [4.69, 9.17) is 4.74 Å². The molecule has 0 radical (unpaired) electrons. The molecule has 1 N–H and O–H groups in total. The van der Waals surface area contributed by atoms with Gasteiger partial charge in [0.15, 0.2) is 0 Å². The molecular formula is C40H54N2P2. The van der Waals surface area contributed by atoms with Crippen molar-refractivity contribution in [3.8, 4) is 0 Å². The molecule has 0 spiro atoms. The fourth-order valence-corrected chi connectivity index (χ4v) is 15.6. The lowest BCUT2D eigenvalue weighted by molar-refractivity contribution is 0.835. The smallest absolute Gasteiger partial charge is 0.0691 e. The van der Waals surface area contributed by atoms with Gasteiger partial charge in [0.05, 0.1) is 20.2 Å². The number of rotatable bonds is 13. The van der Waals surface area contributed by atoms with Crippen molar-refractivity contribution in [3.63, 3.8) is 0 Å². The number of nitrogens with one attached hydrogen (secondary N) is 1. The van der Waals surface area contributed by atoms with Gasteiger partial charge in [-0.15, -0.1) is 0 Å². The summed E-state index contributed by atoms with van der Waals surface area (Å²) in [6.07, 6.45) is 3.36. The molecule has 4 aromatic rings. The molecule has 0 unspecified atom stereocenters. The van der Waals surface area contributed by atoms with Crippen molar-refractivity contribution >= 4 is 36.5 Å². The van der Waals surface area contributed by atoms with Gasteiger partial charge in [-0.3, -0.25) is 4.74 Å². The minimum Gasteiger partial charge on any atom is -0.355 e. The van der Waals surface area contributed by atoms with Gasteiger partial charge < -0.3 is 5.09 Å². The lowest BCUT2D eigenvalue weighted by Crippen LogP contribution is -2.18. The number of hydrogen-bond acceptors (Lipinski definition) is 2. The third-order valence-electron chi connectivity index (χ3n) is 8.52. The molecular weight excluding hydrogens is 570 g/mol. The van der Waals surface area contributed by atoms with Crippen molar-refractivity contribution in [1.29, 1.82) is 0 Å². The lowest BCUT2D eigenvalue weighted by Gasteiger charge is -2.37. The summed E-state index contributed by atoms with van der Waals surface area (Å²) in [7, 11) is -0.942. The molecule has 2 nitrogen and oxygen atoms in total. The maximum absolute atomic E-state index is 6.24. The summed E-state index contributed by atoms with van der Waals surface area (Å²) >= 11 is 0. The van der Waals surface area contributed by atoms with Gasteiger partial charge >= 0.3 is 0 Å². The van der Waals surface area contributed by atoms with Crippen LogP contribution in [0.25, 0.3) is 0 Å². The van der Waals surface area contributed by atoms with Gasteiger partial charge in [-0.05, 0) is 63.8 Å². The van der Waals surface area contributed by atoms with Crippen molar-refractivity contribution in [2.24, 2.45) is 4.74 Å². The summed E-state index contributed by atoms with van der Waals surface area (Å²) in [5.74, 6) is 1.60. The fraction of sp³-hybridized carbons (Fsp3) is 0.400. The van der Waals surface area contributed by atoms with E-state index in [1.54, 1.807) is 0 Å². The van der Waals surface area contributed by atoms with Crippen LogP contribution in [0.15, 0.2) is 102 Å². The second kappa shape index (κ2) is 15.6. The molecule has 0 aliphatic heterocycles. The third-order valence-corrected chi connectivity index (χ3v) is 17.5. The highest BCUT2D eigenvalue weighted by Crippen LogP contribution is 2.77. The Morgan fingerprint density at radius 1 is 0.591 bits per heavy atom. The lowest BCUT2D eigenvalue weighted by atomic mass is 9.93. The van der Waals surface area contributed by atoms with E-state index >= 15 is 0 Å².